The molecular formula is C21H29ClN2O. The van der Waals surface area contributed by atoms with Crippen molar-refractivity contribution in [2.75, 3.05) is 0 Å². The quantitative estimate of drug-likeness (QED) is 0.786. The van der Waals surface area contributed by atoms with E-state index in [0.717, 1.165) is 17.5 Å². The summed E-state index contributed by atoms with van der Waals surface area (Å²) in [4.78, 5) is 15.1. The second-order valence-electron chi connectivity index (χ2n) is 6.43. The number of rotatable bonds is 7. The molecule has 0 fully saturated rings. The fourth-order valence-corrected chi connectivity index (χ4v) is 2.83. The molecule has 0 heterocycles. The molecule has 0 aliphatic rings. The van der Waals surface area contributed by atoms with Gasteiger partial charge in [-0.05, 0) is 24.5 Å². The normalized spacial score (nSPS) is 14.1. The predicted octanol–water partition coefficient (Wildman–Crippen LogP) is 4.57. The van der Waals surface area contributed by atoms with Gasteiger partial charge in [-0.3, -0.25) is 4.79 Å². The predicted molar refractivity (Wildman–Crippen MR) is 107 cm³/mol. The molecule has 3 atom stereocenters. The number of nitrogens with zero attached hydrogens (tertiary/aromatic N) is 1. The van der Waals surface area contributed by atoms with Crippen molar-refractivity contribution in [1.29, 1.82) is 0 Å². The number of carbonyl (C=O) groups is 1. The maximum atomic E-state index is 13.1. The highest BCUT2D eigenvalue weighted by molar-refractivity contribution is 5.85. The van der Waals surface area contributed by atoms with E-state index in [9.17, 15) is 4.79 Å². The highest BCUT2D eigenvalue weighted by atomic mass is 35.5. The van der Waals surface area contributed by atoms with E-state index in [0.29, 0.717) is 6.54 Å². The van der Waals surface area contributed by atoms with E-state index in [1.807, 2.05) is 60.4 Å². The third-order valence-electron chi connectivity index (χ3n) is 4.71. The van der Waals surface area contributed by atoms with Crippen LogP contribution in [0.1, 0.15) is 44.4 Å². The summed E-state index contributed by atoms with van der Waals surface area (Å²) in [6.45, 7) is 6.76. The molecule has 2 rings (SSSR count). The summed E-state index contributed by atoms with van der Waals surface area (Å²) in [5, 5.41) is 0. The lowest BCUT2D eigenvalue weighted by Gasteiger charge is -2.33. The number of benzene rings is 2. The van der Waals surface area contributed by atoms with Gasteiger partial charge in [-0.1, -0.05) is 74.5 Å². The van der Waals surface area contributed by atoms with Crippen LogP contribution in [0, 0.1) is 5.92 Å². The van der Waals surface area contributed by atoms with E-state index < -0.39 is 0 Å². The molecular weight excluding hydrogens is 332 g/mol. The van der Waals surface area contributed by atoms with Gasteiger partial charge < -0.3 is 10.6 Å². The summed E-state index contributed by atoms with van der Waals surface area (Å²) in [6.07, 6.45) is 0.922. The van der Waals surface area contributed by atoms with Gasteiger partial charge in [0.05, 0.1) is 5.92 Å². The maximum absolute atomic E-state index is 13.1. The number of amides is 1. The molecule has 1 amide bonds. The molecule has 2 N–H and O–H groups in total. The Morgan fingerprint density at radius 3 is 2.04 bits per heavy atom. The van der Waals surface area contributed by atoms with E-state index in [1.54, 1.807) is 0 Å². The Bertz CT molecular complexity index is 633. The highest BCUT2D eigenvalue weighted by Crippen LogP contribution is 2.23. The first-order valence-corrected chi connectivity index (χ1v) is 8.69. The zero-order chi connectivity index (χ0) is 17.5. The number of hydrogen-bond donors (Lipinski definition) is 1. The fourth-order valence-electron chi connectivity index (χ4n) is 2.83. The van der Waals surface area contributed by atoms with Gasteiger partial charge in [-0.15, -0.1) is 12.4 Å². The second-order valence-corrected chi connectivity index (χ2v) is 6.43. The zero-order valence-electron chi connectivity index (χ0n) is 15.3. The third kappa shape index (κ3) is 5.58. The minimum Gasteiger partial charge on any atom is -0.335 e. The van der Waals surface area contributed by atoms with E-state index >= 15 is 0 Å². The van der Waals surface area contributed by atoms with Crippen LogP contribution in [0.15, 0.2) is 60.7 Å². The molecule has 0 saturated heterocycles. The van der Waals surface area contributed by atoms with Crippen LogP contribution in [-0.2, 0) is 11.3 Å². The summed E-state index contributed by atoms with van der Waals surface area (Å²) < 4.78 is 0. The minimum atomic E-state index is -0.291. The van der Waals surface area contributed by atoms with Gasteiger partial charge >= 0.3 is 0 Å². The van der Waals surface area contributed by atoms with Crippen molar-refractivity contribution in [1.82, 2.24) is 4.90 Å². The van der Waals surface area contributed by atoms with Crippen LogP contribution in [-0.4, -0.2) is 16.8 Å². The van der Waals surface area contributed by atoms with Gasteiger partial charge in [-0.25, -0.2) is 0 Å². The molecule has 2 aromatic rings. The minimum absolute atomic E-state index is 0. The number of carbonyl (C=O) groups excluding carboxylic acids is 1. The highest BCUT2D eigenvalue weighted by Gasteiger charge is 2.29. The van der Waals surface area contributed by atoms with Crippen molar-refractivity contribution < 1.29 is 4.79 Å². The van der Waals surface area contributed by atoms with Gasteiger partial charge in [0.1, 0.15) is 0 Å². The van der Waals surface area contributed by atoms with Gasteiger partial charge in [0.2, 0.25) is 5.91 Å². The first-order valence-electron chi connectivity index (χ1n) is 8.69. The lowest BCUT2D eigenvalue weighted by molar-refractivity contribution is -0.138. The molecule has 0 aliphatic carbocycles. The SMILES string of the molecule is CCC(C)N(Cc1ccccc1)C(=O)C(C)C(N)c1ccccc1.Cl. The average molecular weight is 361 g/mol. The largest absolute Gasteiger partial charge is 0.335 e. The average Bonchev–Trinajstić information content (AvgIpc) is 2.65. The molecule has 0 aliphatic heterocycles. The molecule has 3 unspecified atom stereocenters. The van der Waals surface area contributed by atoms with Crippen LogP contribution in [0.25, 0.3) is 0 Å². The third-order valence-corrected chi connectivity index (χ3v) is 4.71. The summed E-state index contributed by atoms with van der Waals surface area (Å²) >= 11 is 0. The Labute approximate surface area is 157 Å². The summed E-state index contributed by atoms with van der Waals surface area (Å²) in [6, 6.07) is 19.9. The Balaban J connectivity index is 0.00000312. The molecule has 0 bridgehead atoms. The van der Waals surface area contributed by atoms with Crippen molar-refractivity contribution >= 4 is 18.3 Å². The van der Waals surface area contributed by atoms with Crippen molar-refractivity contribution in [3.63, 3.8) is 0 Å². The number of nitrogens with two attached hydrogens (primary N) is 1. The first-order chi connectivity index (χ1) is 11.5. The summed E-state index contributed by atoms with van der Waals surface area (Å²) in [5.41, 5.74) is 8.51. The molecule has 25 heavy (non-hydrogen) atoms. The second kappa shape index (κ2) is 10.2. The topological polar surface area (TPSA) is 46.3 Å². The smallest absolute Gasteiger partial charge is 0.227 e. The molecule has 0 aromatic heterocycles. The lowest BCUT2D eigenvalue weighted by Crippen LogP contribution is -2.43. The number of halogens is 1. The Morgan fingerprint density at radius 2 is 1.52 bits per heavy atom. The first kappa shape index (κ1) is 21.2. The molecule has 136 valence electrons. The van der Waals surface area contributed by atoms with Crippen molar-refractivity contribution in [3.8, 4) is 0 Å². The van der Waals surface area contributed by atoms with E-state index in [-0.39, 0.29) is 36.3 Å². The Hall–Kier alpha value is -1.84. The molecule has 0 spiro atoms. The van der Waals surface area contributed by atoms with Crippen molar-refractivity contribution in [2.45, 2.75) is 45.8 Å². The standard InChI is InChI=1S/C21H28N2O.ClH/c1-4-16(2)23(15-18-11-7-5-8-12-18)21(24)17(3)20(22)19-13-9-6-10-14-19;/h5-14,16-17,20H,4,15,22H2,1-3H3;1H. The van der Waals surface area contributed by atoms with E-state index in [2.05, 4.69) is 26.0 Å². The van der Waals surface area contributed by atoms with Gasteiger partial charge in [0.15, 0.2) is 0 Å². The van der Waals surface area contributed by atoms with Gasteiger partial charge in [0.25, 0.3) is 0 Å². The molecule has 0 radical (unpaired) electrons. The van der Waals surface area contributed by atoms with E-state index in [1.165, 1.54) is 0 Å². The summed E-state index contributed by atoms with van der Waals surface area (Å²) in [7, 11) is 0. The monoisotopic (exact) mass is 360 g/mol. The molecule has 4 heteroatoms. The zero-order valence-corrected chi connectivity index (χ0v) is 16.1. The summed E-state index contributed by atoms with van der Waals surface area (Å²) in [5.74, 6) is -0.144. The van der Waals surface area contributed by atoms with Crippen LogP contribution in [0.2, 0.25) is 0 Å². The van der Waals surface area contributed by atoms with Crippen molar-refractivity contribution in [2.24, 2.45) is 11.7 Å². The van der Waals surface area contributed by atoms with Crippen LogP contribution >= 0.6 is 12.4 Å². The number of hydrogen-bond acceptors (Lipinski definition) is 2. The van der Waals surface area contributed by atoms with Crippen LogP contribution in [0.3, 0.4) is 0 Å². The van der Waals surface area contributed by atoms with Crippen LogP contribution in [0.4, 0.5) is 0 Å². The Morgan fingerprint density at radius 1 is 1.00 bits per heavy atom. The van der Waals surface area contributed by atoms with Crippen molar-refractivity contribution in [3.05, 3.63) is 71.8 Å². The lowest BCUT2D eigenvalue weighted by atomic mass is 9.93. The van der Waals surface area contributed by atoms with Gasteiger partial charge in [0, 0.05) is 18.6 Å². The van der Waals surface area contributed by atoms with E-state index in [4.69, 9.17) is 5.73 Å². The van der Waals surface area contributed by atoms with Crippen LogP contribution < -0.4 is 5.73 Å². The maximum Gasteiger partial charge on any atom is 0.227 e. The fraction of sp³-hybridized carbons (Fsp3) is 0.381. The molecule has 2 aromatic carbocycles. The van der Waals surface area contributed by atoms with Gasteiger partial charge in [-0.2, -0.15) is 0 Å². The Kier molecular flexibility index (Phi) is 8.67. The molecule has 3 nitrogen and oxygen atoms in total. The molecule has 0 saturated carbocycles. The van der Waals surface area contributed by atoms with Crippen LogP contribution in [0.5, 0.6) is 0 Å².